The van der Waals surface area contributed by atoms with Gasteiger partial charge in [0, 0.05) is 16.1 Å². The Morgan fingerprint density at radius 2 is 1.92 bits per heavy atom. The van der Waals surface area contributed by atoms with Crippen LogP contribution in [0.5, 0.6) is 0 Å². The Balaban J connectivity index is 1.83. The van der Waals surface area contributed by atoms with Crippen LogP contribution in [-0.2, 0) is 9.05 Å². The Morgan fingerprint density at radius 3 is 2.25 bits per heavy atom. The highest BCUT2D eigenvalue weighted by atomic mass is 35.7. The summed E-state index contributed by atoms with van der Waals surface area (Å²) in [5.41, 5.74) is -0.119. The molecule has 0 amide bonds. The minimum Gasteiger partial charge on any atom is -0.247 e. The summed E-state index contributed by atoms with van der Waals surface area (Å²) < 4.78 is 33.9. The van der Waals surface area contributed by atoms with Gasteiger partial charge in [0.25, 0.3) is 0 Å². The standard InChI is InChI=1S/C7H10ClFO2S/c8-12(10,11)4-5-1-7(2-5)3-6(7)9/h5-6H,1-4H2. The zero-order valence-corrected chi connectivity index (χ0v) is 8.04. The second-order valence-corrected chi connectivity index (χ2v) is 6.84. The molecule has 0 aromatic rings. The van der Waals surface area contributed by atoms with Crippen molar-refractivity contribution in [3.63, 3.8) is 0 Å². The third-order valence-corrected chi connectivity index (χ3v) is 4.16. The molecule has 1 unspecified atom stereocenters. The van der Waals surface area contributed by atoms with Crippen molar-refractivity contribution in [3.05, 3.63) is 0 Å². The molecule has 0 saturated heterocycles. The van der Waals surface area contributed by atoms with E-state index in [1.54, 1.807) is 0 Å². The number of rotatable bonds is 2. The summed E-state index contributed by atoms with van der Waals surface area (Å²) in [7, 11) is 1.69. The minimum absolute atomic E-state index is 0.0169. The van der Waals surface area contributed by atoms with E-state index in [1.165, 1.54) is 0 Å². The van der Waals surface area contributed by atoms with Crippen LogP contribution in [-0.4, -0.2) is 20.3 Å². The van der Waals surface area contributed by atoms with Gasteiger partial charge in [0.2, 0.25) is 9.05 Å². The molecule has 5 heteroatoms. The molecule has 1 atom stereocenters. The average molecular weight is 213 g/mol. The summed E-state index contributed by atoms with van der Waals surface area (Å²) in [5.74, 6) is 0.122. The van der Waals surface area contributed by atoms with Crippen molar-refractivity contribution < 1.29 is 12.8 Å². The lowest BCUT2D eigenvalue weighted by atomic mass is 9.73. The van der Waals surface area contributed by atoms with Gasteiger partial charge >= 0.3 is 0 Å². The van der Waals surface area contributed by atoms with Crippen molar-refractivity contribution >= 4 is 19.7 Å². The van der Waals surface area contributed by atoms with Gasteiger partial charge in [-0.05, 0) is 25.2 Å². The normalized spacial score (nSPS) is 45.8. The lowest BCUT2D eigenvalue weighted by Crippen LogP contribution is -2.31. The summed E-state index contributed by atoms with van der Waals surface area (Å²) in [4.78, 5) is 0. The molecule has 0 aliphatic heterocycles. The maximum absolute atomic E-state index is 12.6. The lowest BCUT2D eigenvalue weighted by Gasteiger charge is -2.34. The van der Waals surface area contributed by atoms with E-state index in [9.17, 15) is 12.8 Å². The number of halogens is 2. The van der Waals surface area contributed by atoms with Gasteiger partial charge < -0.3 is 0 Å². The van der Waals surface area contributed by atoms with Crippen LogP contribution < -0.4 is 0 Å². The first kappa shape index (κ1) is 8.75. The fourth-order valence-electron chi connectivity index (χ4n) is 2.21. The lowest BCUT2D eigenvalue weighted by molar-refractivity contribution is 0.152. The van der Waals surface area contributed by atoms with Gasteiger partial charge in [0.1, 0.15) is 6.17 Å². The molecule has 2 rings (SSSR count). The van der Waals surface area contributed by atoms with Crippen molar-refractivity contribution in [2.24, 2.45) is 11.3 Å². The van der Waals surface area contributed by atoms with Crippen molar-refractivity contribution in [2.75, 3.05) is 5.75 Å². The summed E-state index contributed by atoms with van der Waals surface area (Å²) in [6.45, 7) is 0. The van der Waals surface area contributed by atoms with Crippen LogP contribution in [0.3, 0.4) is 0 Å². The highest BCUT2D eigenvalue weighted by Gasteiger charge is 2.62. The van der Waals surface area contributed by atoms with Gasteiger partial charge in [-0.25, -0.2) is 12.8 Å². The average Bonchev–Trinajstić information content (AvgIpc) is 2.35. The zero-order chi connectivity index (χ0) is 8.98. The fraction of sp³-hybridized carbons (Fsp3) is 1.00. The van der Waals surface area contributed by atoms with Crippen LogP contribution in [0.15, 0.2) is 0 Å². The van der Waals surface area contributed by atoms with Gasteiger partial charge in [0.05, 0.1) is 5.75 Å². The van der Waals surface area contributed by atoms with Gasteiger partial charge in [-0.15, -0.1) is 0 Å². The molecule has 0 radical (unpaired) electrons. The van der Waals surface area contributed by atoms with Gasteiger partial charge in [-0.2, -0.15) is 0 Å². The Bertz CT molecular complexity index is 295. The van der Waals surface area contributed by atoms with E-state index in [0.29, 0.717) is 19.3 Å². The number of hydrogen-bond donors (Lipinski definition) is 0. The van der Waals surface area contributed by atoms with Crippen molar-refractivity contribution in [1.29, 1.82) is 0 Å². The molecule has 2 fully saturated rings. The molecule has 0 aromatic carbocycles. The van der Waals surface area contributed by atoms with Crippen LogP contribution >= 0.6 is 10.7 Å². The van der Waals surface area contributed by atoms with E-state index >= 15 is 0 Å². The molecule has 12 heavy (non-hydrogen) atoms. The quantitative estimate of drug-likeness (QED) is 0.653. The largest absolute Gasteiger partial charge is 0.247 e. The van der Waals surface area contributed by atoms with Crippen molar-refractivity contribution in [2.45, 2.75) is 25.4 Å². The van der Waals surface area contributed by atoms with E-state index in [1.807, 2.05) is 0 Å². The maximum Gasteiger partial charge on any atom is 0.232 e. The maximum atomic E-state index is 12.6. The van der Waals surface area contributed by atoms with Crippen LogP contribution in [0.1, 0.15) is 19.3 Å². The highest BCUT2D eigenvalue weighted by molar-refractivity contribution is 8.13. The van der Waals surface area contributed by atoms with E-state index in [4.69, 9.17) is 10.7 Å². The van der Waals surface area contributed by atoms with Gasteiger partial charge in [-0.1, -0.05) is 0 Å². The van der Waals surface area contributed by atoms with E-state index in [-0.39, 0.29) is 17.1 Å². The molecular weight excluding hydrogens is 203 g/mol. The Kier molecular flexibility index (Phi) is 1.71. The molecule has 2 saturated carbocycles. The second-order valence-electron chi connectivity index (χ2n) is 4.01. The molecule has 0 N–H and O–H groups in total. The first-order valence-electron chi connectivity index (χ1n) is 3.98. The summed E-state index contributed by atoms with van der Waals surface area (Å²) in [6, 6.07) is 0. The van der Waals surface area contributed by atoms with Gasteiger partial charge in [-0.3, -0.25) is 0 Å². The Labute approximate surface area is 75.5 Å². The van der Waals surface area contributed by atoms with Crippen LogP contribution in [0.25, 0.3) is 0 Å². The summed E-state index contributed by atoms with van der Waals surface area (Å²) in [6.07, 6.45) is 1.37. The fourth-order valence-corrected chi connectivity index (χ4v) is 3.54. The summed E-state index contributed by atoms with van der Waals surface area (Å²) in [5, 5.41) is 0. The Morgan fingerprint density at radius 1 is 1.42 bits per heavy atom. The highest BCUT2D eigenvalue weighted by Crippen LogP contribution is 2.65. The third-order valence-electron chi connectivity index (χ3n) is 2.92. The molecule has 0 bridgehead atoms. The van der Waals surface area contributed by atoms with Crippen molar-refractivity contribution in [1.82, 2.24) is 0 Å². The van der Waals surface area contributed by atoms with Crippen molar-refractivity contribution in [3.8, 4) is 0 Å². The first-order chi connectivity index (χ1) is 5.41. The molecule has 70 valence electrons. The van der Waals surface area contributed by atoms with E-state index in [0.717, 1.165) is 0 Å². The van der Waals surface area contributed by atoms with Crippen LogP contribution in [0.4, 0.5) is 4.39 Å². The second kappa shape index (κ2) is 2.35. The Hall–Kier alpha value is 0.170. The first-order valence-corrected chi connectivity index (χ1v) is 6.46. The minimum atomic E-state index is -3.37. The summed E-state index contributed by atoms with van der Waals surface area (Å²) >= 11 is 0. The van der Waals surface area contributed by atoms with Gasteiger partial charge in [0.15, 0.2) is 0 Å². The SMILES string of the molecule is O=S(=O)(Cl)CC1CC2(C1)CC2F. The predicted molar refractivity (Wildman–Crippen MR) is 44.3 cm³/mol. The topological polar surface area (TPSA) is 34.1 Å². The van der Waals surface area contributed by atoms with Crippen LogP contribution in [0, 0.1) is 11.3 Å². The number of hydrogen-bond acceptors (Lipinski definition) is 2. The molecule has 1 spiro atoms. The smallest absolute Gasteiger partial charge is 0.232 e. The molecular formula is C7H10ClFO2S. The monoisotopic (exact) mass is 212 g/mol. The van der Waals surface area contributed by atoms with E-state index < -0.39 is 15.2 Å². The third kappa shape index (κ3) is 1.46. The number of alkyl halides is 1. The zero-order valence-electron chi connectivity index (χ0n) is 6.46. The molecule has 0 aromatic heterocycles. The molecule has 2 aliphatic carbocycles. The van der Waals surface area contributed by atoms with Crippen LogP contribution in [0.2, 0.25) is 0 Å². The molecule has 2 nitrogen and oxygen atoms in total. The predicted octanol–water partition coefficient (Wildman–Crippen LogP) is 1.69. The van der Waals surface area contributed by atoms with E-state index in [2.05, 4.69) is 0 Å². The molecule has 0 heterocycles. The molecule has 2 aliphatic rings.